The maximum atomic E-state index is 10.6. The van der Waals surface area contributed by atoms with Crippen molar-refractivity contribution in [1.82, 2.24) is 10.3 Å². The summed E-state index contributed by atoms with van der Waals surface area (Å²) in [6.07, 6.45) is 2.91. The van der Waals surface area contributed by atoms with E-state index in [0.717, 1.165) is 28.3 Å². The van der Waals surface area contributed by atoms with Crippen LogP contribution in [-0.2, 0) is 13.0 Å². The first-order chi connectivity index (χ1) is 9.10. The lowest BCUT2D eigenvalue weighted by Crippen LogP contribution is -2.17. The Morgan fingerprint density at radius 1 is 1.58 bits per heavy atom. The Labute approximate surface area is 119 Å². The number of thiophene rings is 1. The molecule has 0 aromatic carbocycles. The highest BCUT2D eigenvalue weighted by Gasteiger charge is 2.12. The van der Waals surface area contributed by atoms with Gasteiger partial charge in [0.1, 0.15) is 5.01 Å². The Morgan fingerprint density at radius 3 is 2.95 bits per heavy atom. The molecule has 2 rings (SSSR count). The van der Waals surface area contributed by atoms with Gasteiger partial charge in [0.15, 0.2) is 0 Å². The maximum Gasteiger partial charge on any atom is 0.324 e. The van der Waals surface area contributed by atoms with Crippen molar-refractivity contribution in [2.24, 2.45) is 0 Å². The van der Waals surface area contributed by atoms with E-state index >= 15 is 0 Å². The van der Waals surface area contributed by atoms with Gasteiger partial charge in [0, 0.05) is 29.1 Å². The van der Waals surface area contributed by atoms with Gasteiger partial charge in [0.2, 0.25) is 0 Å². The van der Waals surface area contributed by atoms with Crippen LogP contribution in [-0.4, -0.2) is 9.91 Å². The molecule has 2 heterocycles. The summed E-state index contributed by atoms with van der Waals surface area (Å²) in [5.41, 5.74) is 0.941. The molecule has 19 heavy (non-hydrogen) atoms. The zero-order valence-electron chi connectivity index (χ0n) is 10.8. The fraction of sp³-hybridized carbons (Fsp3) is 0.417. The van der Waals surface area contributed by atoms with Gasteiger partial charge in [-0.05, 0) is 18.9 Å². The number of rotatable bonds is 6. The summed E-state index contributed by atoms with van der Waals surface area (Å²) in [7, 11) is 0. The van der Waals surface area contributed by atoms with Gasteiger partial charge in [0.05, 0.1) is 11.0 Å². The topological polar surface area (TPSA) is 68.1 Å². The van der Waals surface area contributed by atoms with E-state index in [4.69, 9.17) is 0 Å². The number of aryl methyl sites for hydroxylation is 1. The molecule has 1 atom stereocenters. The zero-order chi connectivity index (χ0) is 13.8. The van der Waals surface area contributed by atoms with Crippen molar-refractivity contribution < 1.29 is 4.92 Å². The van der Waals surface area contributed by atoms with Gasteiger partial charge >= 0.3 is 5.00 Å². The third-order valence-electron chi connectivity index (χ3n) is 2.72. The van der Waals surface area contributed by atoms with Crippen LogP contribution in [0.4, 0.5) is 5.00 Å². The zero-order valence-corrected chi connectivity index (χ0v) is 12.4. The molecule has 0 aliphatic carbocycles. The summed E-state index contributed by atoms with van der Waals surface area (Å²) in [6, 6.07) is 1.77. The Balaban J connectivity index is 1.92. The number of nitro groups is 1. The van der Waals surface area contributed by atoms with Crippen LogP contribution < -0.4 is 5.32 Å². The summed E-state index contributed by atoms with van der Waals surface area (Å²) in [5.74, 6) is 0. The standard InChI is InChI=1S/C12H15N3O2S2/c1-3-10-6-14-12(19-10)8(2)13-5-9-4-11(15(16)17)18-7-9/h4,6-8,13H,3,5H2,1-2H3. The molecule has 0 saturated heterocycles. The molecular formula is C12H15N3O2S2. The first-order valence-corrected chi connectivity index (χ1v) is 7.69. The SMILES string of the molecule is CCc1cnc(C(C)NCc2csc([N+](=O)[O-])c2)s1. The molecule has 0 spiro atoms. The van der Waals surface area contributed by atoms with E-state index < -0.39 is 0 Å². The van der Waals surface area contributed by atoms with Crippen molar-refractivity contribution in [3.8, 4) is 0 Å². The molecule has 0 fully saturated rings. The van der Waals surface area contributed by atoms with Crippen molar-refractivity contribution in [2.75, 3.05) is 0 Å². The molecule has 0 radical (unpaired) electrons. The second-order valence-corrected chi connectivity index (χ2v) is 6.21. The minimum absolute atomic E-state index is 0.157. The lowest BCUT2D eigenvalue weighted by molar-refractivity contribution is -0.380. The normalized spacial score (nSPS) is 12.5. The summed E-state index contributed by atoms with van der Waals surface area (Å²) in [5, 5.41) is 17.0. The number of hydrogen-bond acceptors (Lipinski definition) is 6. The van der Waals surface area contributed by atoms with E-state index in [1.165, 1.54) is 4.88 Å². The number of nitrogens with one attached hydrogen (secondary N) is 1. The molecule has 2 aromatic heterocycles. The lowest BCUT2D eigenvalue weighted by atomic mass is 10.3. The smallest absolute Gasteiger partial charge is 0.304 e. The van der Waals surface area contributed by atoms with E-state index in [1.54, 1.807) is 17.4 Å². The number of nitrogens with zero attached hydrogens (tertiary/aromatic N) is 2. The molecule has 5 nitrogen and oxygen atoms in total. The molecule has 102 valence electrons. The molecule has 2 aromatic rings. The van der Waals surface area contributed by atoms with Crippen molar-refractivity contribution in [3.05, 3.63) is 43.2 Å². The van der Waals surface area contributed by atoms with Gasteiger partial charge < -0.3 is 5.32 Å². The van der Waals surface area contributed by atoms with Crippen LogP contribution >= 0.6 is 22.7 Å². The minimum Gasteiger partial charge on any atom is -0.304 e. The van der Waals surface area contributed by atoms with E-state index in [1.807, 2.05) is 11.6 Å². The molecular weight excluding hydrogens is 282 g/mol. The molecule has 1 N–H and O–H groups in total. The van der Waals surface area contributed by atoms with Crippen LogP contribution in [0.5, 0.6) is 0 Å². The first-order valence-electron chi connectivity index (χ1n) is 6.00. The van der Waals surface area contributed by atoms with Gasteiger partial charge in [0.25, 0.3) is 0 Å². The second-order valence-electron chi connectivity index (χ2n) is 4.17. The maximum absolute atomic E-state index is 10.6. The van der Waals surface area contributed by atoms with E-state index in [9.17, 15) is 10.1 Å². The fourth-order valence-electron chi connectivity index (χ4n) is 1.60. The van der Waals surface area contributed by atoms with Crippen molar-refractivity contribution in [2.45, 2.75) is 32.9 Å². The van der Waals surface area contributed by atoms with Gasteiger partial charge in [-0.1, -0.05) is 18.3 Å². The Hall–Kier alpha value is -1.31. The van der Waals surface area contributed by atoms with Crippen molar-refractivity contribution >= 4 is 27.7 Å². The molecule has 0 amide bonds. The van der Waals surface area contributed by atoms with Crippen molar-refractivity contribution in [3.63, 3.8) is 0 Å². The highest BCUT2D eigenvalue weighted by Crippen LogP contribution is 2.24. The quantitative estimate of drug-likeness (QED) is 0.654. The summed E-state index contributed by atoms with van der Waals surface area (Å²) in [6.45, 7) is 4.78. The van der Waals surface area contributed by atoms with E-state index in [0.29, 0.717) is 6.54 Å². The predicted octanol–water partition coefficient (Wildman–Crippen LogP) is 3.53. The molecule has 1 unspecified atom stereocenters. The summed E-state index contributed by atoms with van der Waals surface area (Å²) < 4.78 is 0. The van der Waals surface area contributed by atoms with Gasteiger partial charge in [-0.2, -0.15) is 0 Å². The number of aromatic nitrogens is 1. The molecule has 0 bridgehead atoms. The number of hydrogen-bond donors (Lipinski definition) is 1. The van der Waals surface area contributed by atoms with Crippen LogP contribution in [0.1, 0.15) is 35.3 Å². The average Bonchev–Trinajstić information content (AvgIpc) is 3.04. The third-order valence-corrected chi connectivity index (χ3v) is 4.98. The molecule has 0 aliphatic heterocycles. The highest BCUT2D eigenvalue weighted by molar-refractivity contribution is 7.13. The average molecular weight is 297 g/mol. The second kappa shape index (κ2) is 6.23. The minimum atomic E-state index is -0.355. The molecule has 7 heteroatoms. The van der Waals surface area contributed by atoms with Gasteiger partial charge in [-0.3, -0.25) is 10.1 Å². The summed E-state index contributed by atoms with van der Waals surface area (Å²) in [4.78, 5) is 15.9. The van der Waals surface area contributed by atoms with E-state index in [2.05, 4.69) is 24.1 Å². The monoisotopic (exact) mass is 297 g/mol. The first kappa shape index (κ1) is 14.1. The Bertz CT molecular complexity index is 565. The van der Waals surface area contributed by atoms with Gasteiger partial charge in [-0.25, -0.2) is 4.98 Å². The van der Waals surface area contributed by atoms with Crippen LogP contribution in [0.25, 0.3) is 0 Å². The summed E-state index contributed by atoms with van der Waals surface area (Å²) >= 11 is 2.87. The lowest BCUT2D eigenvalue weighted by Gasteiger charge is -2.09. The Morgan fingerprint density at radius 2 is 2.37 bits per heavy atom. The van der Waals surface area contributed by atoms with Crippen LogP contribution in [0, 0.1) is 10.1 Å². The Kier molecular flexibility index (Phi) is 4.62. The molecule has 0 saturated carbocycles. The van der Waals surface area contributed by atoms with Crippen LogP contribution in [0.2, 0.25) is 0 Å². The highest BCUT2D eigenvalue weighted by atomic mass is 32.1. The predicted molar refractivity (Wildman–Crippen MR) is 77.7 cm³/mol. The van der Waals surface area contributed by atoms with Crippen LogP contribution in [0.3, 0.4) is 0 Å². The third kappa shape index (κ3) is 3.59. The van der Waals surface area contributed by atoms with Crippen molar-refractivity contribution in [1.29, 1.82) is 0 Å². The van der Waals surface area contributed by atoms with E-state index in [-0.39, 0.29) is 16.0 Å². The van der Waals surface area contributed by atoms with Crippen LogP contribution in [0.15, 0.2) is 17.6 Å². The largest absolute Gasteiger partial charge is 0.324 e. The fourth-order valence-corrected chi connectivity index (χ4v) is 3.21. The number of thiazole rings is 1. The van der Waals surface area contributed by atoms with Gasteiger partial charge in [-0.15, -0.1) is 11.3 Å². The molecule has 0 aliphatic rings.